The van der Waals surface area contributed by atoms with Crippen LogP contribution >= 0.6 is 0 Å². The average molecular weight is 352 g/mol. The summed E-state index contributed by atoms with van der Waals surface area (Å²) in [5.41, 5.74) is -0.513. The van der Waals surface area contributed by atoms with Gasteiger partial charge in [-0.25, -0.2) is 0 Å². The highest BCUT2D eigenvalue weighted by Crippen LogP contribution is 2.65. The molecule has 0 unspecified atom stereocenters. The molecule has 0 bridgehead atoms. The van der Waals surface area contributed by atoms with Gasteiger partial charge in [-0.15, -0.1) is 0 Å². The standard InChI is InChI=1S/C20H23F3O2/c1-2-18-9-7-15-14-6-4-13(24)11-12(14)3-5-16(15)17(18)8-10-19(18,25)20(21,22)23/h7,9,11,16-17,25H,2-6,8,10H2,1H3/t16-,17+,18+,19+/m1/s1. The maximum Gasteiger partial charge on any atom is 0.418 e. The first-order valence-electron chi connectivity index (χ1n) is 9.18. The number of fused-ring (bicyclic) bond motifs is 4. The number of alkyl halides is 3. The van der Waals surface area contributed by atoms with Gasteiger partial charge in [0, 0.05) is 11.8 Å². The highest BCUT2D eigenvalue weighted by atomic mass is 19.4. The van der Waals surface area contributed by atoms with Gasteiger partial charge in [0.15, 0.2) is 11.4 Å². The Labute approximate surface area is 145 Å². The Balaban J connectivity index is 1.84. The van der Waals surface area contributed by atoms with E-state index in [0.717, 1.165) is 24.0 Å². The van der Waals surface area contributed by atoms with Crippen LogP contribution in [0.4, 0.5) is 13.2 Å². The number of aliphatic hydroxyl groups is 1. The molecule has 0 aliphatic heterocycles. The molecular formula is C20H23F3O2. The van der Waals surface area contributed by atoms with Crippen LogP contribution in [-0.4, -0.2) is 22.7 Å². The summed E-state index contributed by atoms with van der Waals surface area (Å²) in [4.78, 5) is 11.7. The molecule has 1 saturated carbocycles. The molecule has 2 nitrogen and oxygen atoms in total. The van der Waals surface area contributed by atoms with Gasteiger partial charge >= 0.3 is 6.18 Å². The minimum Gasteiger partial charge on any atom is -0.380 e. The quantitative estimate of drug-likeness (QED) is 0.746. The number of carbonyl (C=O) groups excluding carboxylic acids is 1. The molecule has 0 spiro atoms. The third-order valence-electron chi connectivity index (χ3n) is 7.17. The van der Waals surface area contributed by atoms with Crippen molar-refractivity contribution in [3.63, 3.8) is 0 Å². The van der Waals surface area contributed by atoms with Crippen LogP contribution < -0.4 is 0 Å². The second kappa shape index (κ2) is 5.32. The van der Waals surface area contributed by atoms with E-state index in [2.05, 4.69) is 0 Å². The predicted octanol–water partition coefficient (Wildman–Crippen LogP) is 4.65. The molecule has 4 aliphatic carbocycles. The minimum atomic E-state index is -4.62. The van der Waals surface area contributed by atoms with Crippen LogP contribution in [0.15, 0.2) is 34.9 Å². The Morgan fingerprint density at radius 3 is 2.68 bits per heavy atom. The van der Waals surface area contributed by atoms with Crippen molar-refractivity contribution in [2.75, 3.05) is 0 Å². The van der Waals surface area contributed by atoms with Crippen molar-refractivity contribution in [1.29, 1.82) is 0 Å². The molecule has 25 heavy (non-hydrogen) atoms. The summed E-state index contributed by atoms with van der Waals surface area (Å²) in [5.74, 6) is 0.0188. The van der Waals surface area contributed by atoms with E-state index in [0.29, 0.717) is 19.3 Å². The molecule has 1 fully saturated rings. The van der Waals surface area contributed by atoms with E-state index >= 15 is 0 Å². The normalized spacial score (nSPS) is 40.5. The lowest BCUT2D eigenvalue weighted by atomic mass is 9.56. The molecule has 0 amide bonds. The van der Waals surface area contributed by atoms with Crippen molar-refractivity contribution in [2.45, 2.75) is 63.6 Å². The Bertz CT molecular complexity index is 715. The molecule has 1 N–H and O–H groups in total. The smallest absolute Gasteiger partial charge is 0.380 e. The lowest BCUT2D eigenvalue weighted by Gasteiger charge is -2.50. The number of carbonyl (C=O) groups is 1. The summed E-state index contributed by atoms with van der Waals surface area (Å²) < 4.78 is 41.2. The number of ketones is 1. The second-order valence-electron chi connectivity index (χ2n) is 7.95. The number of halogens is 3. The van der Waals surface area contributed by atoms with Gasteiger partial charge < -0.3 is 5.11 Å². The molecule has 136 valence electrons. The zero-order valence-corrected chi connectivity index (χ0v) is 14.3. The first-order valence-corrected chi connectivity index (χ1v) is 9.18. The second-order valence-corrected chi connectivity index (χ2v) is 7.95. The van der Waals surface area contributed by atoms with Gasteiger partial charge in [-0.05, 0) is 73.2 Å². The van der Waals surface area contributed by atoms with Crippen LogP contribution in [0.25, 0.3) is 0 Å². The van der Waals surface area contributed by atoms with Crippen molar-refractivity contribution >= 4 is 5.78 Å². The maximum atomic E-state index is 13.7. The molecule has 0 heterocycles. The lowest BCUT2D eigenvalue weighted by Crippen LogP contribution is -2.57. The molecule has 0 aromatic heterocycles. The van der Waals surface area contributed by atoms with Gasteiger partial charge in [-0.1, -0.05) is 19.1 Å². The summed E-state index contributed by atoms with van der Waals surface area (Å²) in [5, 5.41) is 10.7. The van der Waals surface area contributed by atoms with E-state index in [-0.39, 0.29) is 30.5 Å². The SMILES string of the molecule is CC[C@]12C=CC3=C4CCC(=O)C=C4CC[C@H]3[C@@H]1CC[C@@]2(O)C(F)(F)F. The Kier molecular flexibility index (Phi) is 3.63. The largest absolute Gasteiger partial charge is 0.418 e. The van der Waals surface area contributed by atoms with Crippen LogP contribution in [0.1, 0.15) is 51.9 Å². The van der Waals surface area contributed by atoms with Crippen molar-refractivity contribution in [2.24, 2.45) is 17.3 Å². The van der Waals surface area contributed by atoms with Gasteiger partial charge in [-0.3, -0.25) is 4.79 Å². The molecule has 0 radical (unpaired) electrons. The molecule has 0 saturated heterocycles. The fraction of sp³-hybridized carbons (Fsp3) is 0.650. The number of hydrogen-bond donors (Lipinski definition) is 1. The summed E-state index contributed by atoms with van der Waals surface area (Å²) in [7, 11) is 0. The Hall–Kier alpha value is -1.36. The molecule has 0 aromatic rings. The van der Waals surface area contributed by atoms with E-state index in [1.54, 1.807) is 19.1 Å². The number of rotatable bonds is 1. The van der Waals surface area contributed by atoms with Crippen LogP contribution in [0.2, 0.25) is 0 Å². The summed E-state index contributed by atoms with van der Waals surface area (Å²) >= 11 is 0. The molecular weight excluding hydrogens is 329 g/mol. The van der Waals surface area contributed by atoms with E-state index in [4.69, 9.17) is 0 Å². The zero-order chi connectivity index (χ0) is 18.0. The topological polar surface area (TPSA) is 37.3 Å². The third kappa shape index (κ3) is 2.11. The Morgan fingerprint density at radius 1 is 1.24 bits per heavy atom. The van der Waals surface area contributed by atoms with E-state index < -0.39 is 17.2 Å². The van der Waals surface area contributed by atoms with Crippen molar-refractivity contribution in [1.82, 2.24) is 0 Å². The van der Waals surface area contributed by atoms with Crippen molar-refractivity contribution in [3.8, 4) is 0 Å². The van der Waals surface area contributed by atoms with Crippen LogP contribution in [-0.2, 0) is 4.79 Å². The molecule has 4 rings (SSSR count). The van der Waals surface area contributed by atoms with Gasteiger partial charge in [0.25, 0.3) is 0 Å². The van der Waals surface area contributed by atoms with Crippen molar-refractivity contribution in [3.05, 3.63) is 34.9 Å². The van der Waals surface area contributed by atoms with Crippen LogP contribution in [0.3, 0.4) is 0 Å². The van der Waals surface area contributed by atoms with Crippen LogP contribution in [0.5, 0.6) is 0 Å². The average Bonchev–Trinajstić information content (AvgIpc) is 2.89. The molecule has 0 aromatic carbocycles. The summed E-state index contributed by atoms with van der Waals surface area (Å²) in [6.45, 7) is 1.75. The Morgan fingerprint density at radius 2 is 2.00 bits per heavy atom. The van der Waals surface area contributed by atoms with Gasteiger partial charge in [0.2, 0.25) is 0 Å². The summed E-state index contributed by atoms with van der Waals surface area (Å²) in [6.07, 6.45) is 3.74. The summed E-state index contributed by atoms with van der Waals surface area (Å²) in [6, 6.07) is 0. The highest BCUT2D eigenvalue weighted by Gasteiger charge is 2.71. The van der Waals surface area contributed by atoms with Crippen LogP contribution in [0, 0.1) is 17.3 Å². The fourth-order valence-electron chi connectivity index (χ4n) is 5.95. The molecule has 4 aliphatic rings. The number of allylic oxidation sites excluding steroid dienone is 5. The molecule has 4 atom stereocenters. The fourth-order valence-corrected chi connectivity index (χ4v) is 5.95. The zero-order valence-electron chi connectivity index (χ0n) is 14.3. The van der Waals surface area contributed by atoms with E-state index in [1.807, 2.05) is 6.08 Å². The monoisotopic (exact) mass is 352 g/mol. The lowest BCUT2D eigenvalue weighted by molar-refractivity contribution is -0.291. The maximum absolute atomic E-state index is 13.7. The van der Waals surface area contributed by atoms with Crippen molar-refractivity contribution < 1.29 is 23.1 Å². The first kappa shape index (κ1) is 17.1. The number of hydrogen-bond acceptors (Lipinski definition) is 2. The predicted molar refractivity (Wildman–Crippen MR) is 87.7 cm³/mol. The van der Waals surface area contributed by atoms with E-state index in [9.17, 15) is 23.1 Å². The third-order valence-corrected chi connectivity index (χ3v) is 7.17. The first-order chi connectivity index (χ1) is 11.7. The van der Waals surface area contributed by atoms with Gasteiger partial charge in [0.05, 0.1) is 0 Å². The van der Waals surface area contributed by atoms with E-state index in [1.165, 1.54) is 5.57 Å². The van der Waals surface area contributed by atoms with Gasteiger partial charge in [0.1, 0.15) is 0 Å². The minimum absolute atomic E-state index is 0.0571. The molecule has 5 heteroatoms. The van der Waals surface area contributed by atoms with Gasteiger partial charge in [-0.2, -0.15) is 13.2 Å². The highest BCUT2D eigenvalue weighted by molar-refractivity contribution is 5.93.